The molecule has 0 aliphatic carbocycles. The Hall–Kier alpha value is -9.46. The highest BCUT2D eigenvalue weighted by atomic mass is 16.4. The zero-order valence-electron chi connectivity index (χ0n) is 47.3. The average molecular weight is 1190 g/mol. The third kappa shape index (κ3) is 28.8. The molecule has 466 valence electrons. The summed E-state index contributed by atoms with van der Waals surface area (Å²) in [6.07, 6.45) is -4.39. The van der Waals surface area contributed by atoms with Crippen molar-refractivity contribution in [2.75, 3.05) is 6.54 Å². The Morgan fingerprint density at radius 2 is 0.726 bits per heavy atom. The van der Waals surface area contributed by atoms with Crippen molar-refractivity contribution in [2.45, 2.75) is 173 Å². The Kier molecular flexibility index (Phi) is 31.2. The Balaban J connectivity index is 3.07. The van der Waals surface area contributed by atoms with E-state index in [1.165, 1.54) is 38.1 Å². The molecular formula is C51H76N12O21. The van der Waals surface area contributed by atoms with Gasteiger partial charge in [-0.15, -0.1) is 0 Å². The zero-order chi connectivity index (χ0) is 64.1. The van der Waals surface area contributed by atoms with Crippen molar-refractivity contribution in [3.8, 4) is 5.75 Å². The first kappa shape index (κ1) is 72.6. The van der Waals surface area contributed by atoms with E-state index in [0.717, 1.165) is 20.8 Å². The van der Waals surface area contributed by atoms with E-state index < -0.39 is 200 Å². The molecule has 0 aliphatic rings. The van der Waals surface area contributed by atoms with Gasteiger partial charge in [-0.2, -0.15) is 0 Å². The Labute approximate surface area is 481 Å². The summed E-state index contributed by atoms with van der Waals surface area (Å²) in [5, 5.41) is 72.0. The number of nitrogens with two attached hydrogens (primary N) is 1. The lowest BCUT2D eigenvalue weighted by Gasteiger charge is -2.25. The average Bonchev–Trinajstić information content (AvgIpc) is 3.49. The molecule has 10 atom stereocenters. The normalized spacial score (nSPS) is 14.4. The van der Waals surface area contributed by atoms with Gasteiger partial charge in [-0.1, -0.05) is 26.0 Å². The lowest BCUT2D eigenvalue weighted by molar-refractivity contribution is -0.139. The standard InChI is InChI=1S/C51H76N12O21/c1-23(2)20-35(51(84)60-31(42(52)75)12-16-38(67)68)59-37(66)22-53-47(80)32(13-17-39(69)70)61-45(78)26(5)54-43(76)24(3)56-48(81)34(15-19-41(73)74)62-46(79)27(6)55-44(77)25(4)57-50(83)36(21-29-8-10-30(65)11-9-29)63-49(82)33(58-28(7)64)14-18-40(71)72/h8-11,23-27,31-36,65H,12-22H2,1-7H3,(H2,52,75)(H,53,80)(H,54,76)(H,55,77)(H,56,81)(H,57,83)(H,58,64)(H,59,66)(H,60,84)(H,61,78)(H,62,79)(H,63,82)(H,67,68)(H,69,70)(H,71,72)(H,73,74)/t24-,25-,26-,27-,31-,32-,33-,34-,35-,36-/m0/s1. The topological polar surface area (TPSA) is 533 Å². The molecule has 0 bridgehead atoms. The number of aliphatic carboxylic acids is 4. The van der Waals surface area contributed by atoms with E-state index in [0.29, 0.717) is 5.56 Å². The molecule has 1 aromatic rings. The van der Waals surface area contributed by atoms with Gasteiger partial charge in [0.1, 0.15) is 66.2 Å². The van der Waals surface area contributed by atoms with E-state index >= 15 is 0 Å². The van der Waals surface area contributed by atoms with Crippen molar-refractivity contribution in [1.82, 2.24) is 58.5 Å². The second-order valence-corrected chi connectivity index (χ2v) is 19.9. The molecule has 0 aliphatic heterocycles. The molecule has 0 heterocycles. The molecule has 12 amide bonds. The van der Waals surface area contributed by atoms with Crippen LogP contribution in [0.3, 0.4) is 0 Å². The number of carboxylic acids is 4. The van der Waals surface area contributed by atoms with Crippen molar-refractivity contribution >= 4 is 94.8 Å². The maximum atomic E-state index is 13.6. The summed E-state index contributed by atoms with van der Waals surface area (Å²) in [6, 6.07) is -9.29. The van der Waals surface area contributed by atoms with E-state index in [-0.39, 0.29) is 37.4 Å². The molecule has 18 N–H and O–H groups in total. The second kappa shape index (κ2) is 36.1. The minimum Gasteiger partial charge on any atom is -0.508 e. The van der Waals surface area contributed by atoms with Crippen LogP contribution in [0.5, 0.6) is 5.75 Å². The van der Waals surface area contributed by atoms with Crippen LogP contribution in [0.25, 0.3) is 0 Å². The third-order valence-corrected chi connectivity index (χ3v) is 12.0. The van der Waals surface area contributed by atoms with Crippen LogP contribution in [0, 0.1) is 5.92 Å². The van der Waals surface area contributed by atoms with E-state index in [1.807, 2.05) is 0 Å². The molecular weight excluding hydrogens is 1120 g/mol. The highest BCUT2D eigenvalue weighted by Gasteiger charge is 2.33. The fourth-order valence-corrected chi connectivity index (χ4v) is 7.43. The molecule has 1 aromatic carbocycles. The number of phenolic OH excluding ortho intramolecular Hbond substituents is 1. The quantitative estimate of drug-likeness (QED) is 0.0295. The molecule has 0 radical (unpaired) electrons. The lowest BCUT2D eigenvalue weighted by Crippen LogP contribution is -2.59. The Morgan fingerprint density at radius 3 is 1.12 bits per heavy atom. The number of phenols is 1. The van der Waals surface area contributed by atoms with Gasteiger partial charge < -0.3 is 89.8 Å². The fraction of sp³-hybridized carbons (Fsp3) is 0.569. The van der Waals surface area contributed by atoms with Crippen LogP contribution in [0.4, 0.5) is 0 Å². The fourth-order valence-electron chi connectivity index (χ4n) is 7.43. The molecule has 0 unspecified atom stereocenters. The third-order valence-electron chi connectivity index (χ3n) is 12.0. The maximum absolute atomic E-state index is 13.6. The first-order valence-electron chi connectivity index (χ1n) is 26.3. The molecule has 1 rings (SSSR count). The van der Waals surface area contributed by atoms with Crippen LogP contribution >= 0.6 is 0 Å². The number of rotatable bonds is 38. The summed E-state index contributed by atoms with van der Waals surface area (Å²) in [6.45, 7) is 8.35. The Morgan fingerprint density at radius 1 is 0.405 bits per heavy atom. The van der Waals surface area contributed by atoms with E-state index in [4.69, 9.17) is 15.9 Å². The van der Waals surface area contributed by atoms with Crippen molar-refractivity contribution in [1.29, 1.82) is 0 Å². The maximum Gasteiger partial charge on any atom is 0.303 e. The van der Waals surface area contributed by atoms with E-state index in [2.05, 4.69) is 58.5 Å². The van der Waals surface area contributed by atoms with Gasteiger partial charge in [0, 0.05) is 39.0 Å². The summed E-state index contributed by atoms with van der Waals surface area (Å²) in [7, 11) is 0. The van der Waals surface area contributed by atoms with Gasteiger partial charge in [-0.05, 0) is 83.4 Å². The van der Waals surface area contributed by atoms with Crippen molar-refractivity contribution in [3.63, 3.8) is 0 Å². The predicted octanol–water partition coefficient (Wildman–Crippen LogP) is -5.01. The number of benzene rings is 1. The molecule has 0 saturated carbocycles. The zero-order valence-corrected chi connectivity index (χ0v) is 47.3. The number of hydrogen-bond acceptors (Lipinski definition) is 17. The monoisotopic (exact) mass is 1190 g/mol. The number of carboxylic acid groups (broad SMARTS) is 4. The number of primary amides is 1. The van der Waals surface area contributed by atoms with Crippen LogP contribution in [0.2, 0.25) is 0 Å². The molecule has 0 spiro atoms. The minimum absolute atomic E-state index is 0.0148. The van der Waals surface area contributed by atoms with E-state index in [9.17, 15) is 92.0 Å². The first-order chi connectivity index (χ1) is 39.1. The summed E-state index contributed by atoms with van der Waals surface area (Å²) in [5.41, 5.74) is 5.71. The van der Waals surface area contributed by atoms with Gasteiger partial charge in [0.15, 0.2) is 0 Å². The predicted molar refractivity (Wildman–Crippen MR) is 289 cm³/mol. The number of hydrogen-bond donors (Lipinski definition) is 17. The van der Waals surface area contributed by atoms with Crippen LogP contribution in [0.15, 0.2) is 24.3 Å². The summed E-state index contributed by atoms with van der Waals surface area (Å²) >= 11 is 0. The van der Waals surface area contributed by atoms with Crippen molar-refractivity contribution in [2.24, 2.45) is 11.7 Å². The van der Waals surface area contributed by atoms with E-state index in [1.54, 1.807) is 13.8 Å². The largest absolute Gasteiger partial charge is 0.508 e. The second-order valence-electron chi connectivity index (χ2n) is 19.9. The summed E-state index contributed by atoms with van der Waals surface area (Å²) < 4.78 is 0. The highest BCUT2D eigenvalue weighted by molar-refractivity contribution is 5.99. The van der Waals surface area contributed by atoms with Gasteiger partial charge >= 0.3 is 23.9 Å². The van der Waals surface area contributed by atoms with Crippen LogP contribution < -0.4 is 64.2 Å². The SMILES string of the molecule is CC(=O)N[C@@H](CCC(=O)O)C(=O)N[C@@H](Cc1ccc(O)cc1)C(=O)N[C@@H](C)C(=O)N[C@@H](C)C(=O)N[C@@H](CCC(=O)O)C(=O)N[C@@H](C)C(=O)N[C@@H](C)C(=O)N[C@@H](CCC(=O)O)C(=O)NCC(=O)N[C@@H](CC(C)C)C(=O)N[C@@H](CCC(=O)O)C(N)=O. The number of nitrogens with one attached hydrogen (secondary N) is 11. The molecule has 33 nitrogen and oxygen atoms in total. The smallest absolute Gasteiger partial charge is 0.303 e. The molecule has 0 fully saturated rings. The van der Waals surface area contributed by atoms with Gasteiger partial charge in [0.05, 0.1) is 6.54 Å². The first-order valence-corrected chi connectivity index (χ1v) is 26.3. The molecule has 33 heteroatoms. The molecule has 0 aromatic heterocycles. The van der Waals surface area contributed by atoms with Crippen molar-refractivity contribution in [3.05, 3.63) is 29.8 Å². The van der Waals surface area contributed by atoms with Gasteiger partial charge in [-0.3, -0.25) is 76.7 Å². The summed E-state index contributed by atoms with van der Waals surface area (Å²) in [5.74, 6) is -17.4. The van der Waals surface area contributed by atoms with Gasteiger partial charge in [0.25, 0.3) is 0 Å². The number of aromatic hydroxyl groups is 1. The highest BCUT2D eigenvalue weighted by Crippen LogP contribution is 2.13. The number of amides is 12. The molecule has 0 saturated heterocycles. The number of carbonyl (C=O) groups excluding carboxylic acids is 12. The van der Waals surface area contributed by atoms with Gasteiger partial charge in [-0.25, -0.2) is 0 Å². The Bertz CT molecular complexity index is 2580. The van der Waals surface area contributed by atoms with Crippen LogP contribution in [-0.2, 0) is 83.1 Å². The minimum atomic E-state index is -1.67. The number of carbonyl (C=O) groups is 16. The summed E-state index contributed by atoms with van der Waals surface area (Å²) in [4.78, 5) is 202. The molecule has 84 heavy (non-hydrogen) atoms. The van der Waals surface area contributed by atoms with Crippen molar-refractivity contribution < 1.29 is 102 Å². The van der Waals surface area contributed by atoms with Gasteiger partial charge in [0.2, 0.25) is 70.9 Å². The lowest BCUT2D eigenvalue weighted by atomic mass is 10.0. The van der Waals surface area contributed by atoms with Crippen LogP contribution in [0.1, 0.15) is 112 Å². The van der Waals surface area contributed by atoms with Crippen LogP contribution in [-0.4, -0.2) is 187 Å².